The standard InChI is InChI=1S/C24H35ClN4O2/c1-16-14-28(21-19(25)7-6-12-26-21)15-17(2)29(16)22(30)20-13-24(31-27-20)10-8-18(9-11-24)23(3,4)5/h6-7,12-13,16-18,27H,8-11,14-15H2,1-5H3. The predicted molar refractivity (Wildman–Crippen MR) is 124 cm³/mol. The molecule has 7 heteroatoms. The highest BCUT2D eigenvalue weighted by atomic mass is 35.5. The Morgan fingerprint density at radius 2 is 1.87 bits per heavy atom. The number of amides is 1. The third-order valence-electron chi connectivity index (χ3n) is 7.25. The number of carbonyl (C=O) groups excluding carboxylic acids is 1. The molecule has 1 aromatic heterocycles. The molecule has 1 saturated heterocycles. The van der Waals surface area contributed by atoms with Gasteiger partial charge in [-0.25, -0.2) is 4.98 Å². The van der Waals surface area contributed by atoms with Crippen LogP contribution in [-0.4, -0.2) is 46.6 Å². The minimum atomic E-state index is -0.345. The molecule has 3 aliphatic rings. The second-order valence-electron chi connectivity index (χ2n) is 10.6. The molecule has 0 radical (unpaired) electrons. The zero-order chi connectivity index (χ0) is 22.4. The van der Waals surface area contributed by atoms with Crippen LogP contribution in [0.1, 0.15) is 60.3 Å². The first-order valence-electron chi connectivity index (χ1n) is 11.4. The summed E-state index contributed by atoms with van der Waals surface area (Å²) < 4.78 is 0. The van der Waals surface area contributed by atoms with Gasteiger partial charge in [-0.3, -0.25) is 15.1 Å². The quantitative estimate of drug-likeness (QED) is 0.721. The summed E-state index contributed by atoms with van der Waals surface area (Å²) in [7, 11) is 0. The number of hydrogen-bond acceptors (Lipinski definition) is 5. The van der Waals surface area contributed by atoms with Gasteiger partial charge >= 0.3 is 0 Å². The zero-order valence-corrected chi connectivity index (χ0v) is 20.1. The van der Waals surface area contributed by atoms with Crippen molar-refractivity contribution in [1.82, 2.24) is 15.4 Å². The monoisotopic (exact) mass is 446 g/mol. The Balaban J connectivity index is 1.44. The summed E-state index contributed by atoms with van der Waals surface area (Å²) in [5, 5.41) is 0.642. The van der Waals surface area contributed by atoms with Gasteiger partial charge < -0.3 is 9.80 Å². The lowest BCUT2D eigenvalue weighted by molar-refractivity contribution is -0.134. The van der Waals surface area contributed by atoms with E-state index < -0.39 is 0 Å². The van der Waals surface area contributed by atoms with E-state index in [0.717, 1.165) is 31.5 Å². The number of nitrogens with zero attached hydrogens (tertiary/aromatic N) is 3. The number of hydrogen-bond donors (Lipinski definition) is 1. The van der Waals surface area contributed by atoms with Crippen LogP contribution in [0.2, 0.25) is 5.02 Å². The van der Waals surface area contributed by atoms with Crippen LogP contribution in [0.25, 0.3) is 0 Å². The molecule has 1 aliphatic carbocycles. The van der Waals surface area contributed by atoms with E-state index >= 15 is 0 Å². The first-order chi connectivity index (χ1) is 14.6. The molecule has 1 saturated carbocycles. The van der Waals surface area contributed by atoms with Crippen molar-refractivity contribution in [3.05, 3.63) is 35.1 Å². The maximum atomic E-state index is 13.4. The summed E-state index contributed by atoms with van der Waals surface area (Å²) in [6, 6.07) is 3.76. The number of rotatable bonds is 2. The summed E-state index contributed by atoms with van der Waals surface area (Å²) in [6.45, 7) is 12.5. The van der Waals surface area contributed by atoms with Gasteiger partial charge in [0.2, 0.25) is 0 Å². The van der Waals surface area contributed by atoms with Gasteiger partial charge in [0.05, 0.1) is 5.02 Å². The second kappa shape index (κ2) is 8.28. The lowest BCUT2D eigenvalue weighted by Crippen LogP contribution is -2.59. The van der Waals surface area contributed by atoms with Crippen molar-refractivity contribution in [2.45, 2.75) is 78.0 Å². The number of aromatic nitrogens is 1. The predicted octanol–water partition coefficient (Wildman–Crippen LogP) is 4.55. The van der Waals surface area contributed by atoms with Crippen molar-refractivity contribution in [3.8, 4) is 0 Å². The first-order valence-corrected chi connectivity index (χ1v) is 11.8. The summed E-state index contributed by atoms with van der Waals surface area (Å²) in [4.78, 5) is 28.0. The van der Waals surface area contributed by atoms with E-state index in [4.69, 9.17) is 16.4 Å². The van der Waals surface area contributed by atoms with E-state index in [1.54, 1.807) is 6.20 Å². The van der Waals surface area contributed by atoms with E-state index in [2.05, 4.69) is 56.1 Å². The highest BCUT2D eigenvalue weighted by Gasteiger charge is 2.44. The van der Waals surface area contributed by atoms with Crippen LogP contribution in [0.15, 0.2) is 30.1 Å². The molecule has 2 aliphatic heterocycles. The molecular weight excluding hydrogens is 412 g/mol. The second-order valence-corrected chi connectivity index (χ2v) is 11.0. The number of piperazine rings is 1. The number of hydroxylamine groups is 1. The number of nitrogens with one attached hydrogen (secondary N) is 1. The van der Waals surface area contributed by atoms with E-state index in [9.17, 15) is 4.79 Å². The van der Waals surface area contributed by atoms with Gasteiger partial charge in [0.1, 0.15) is 17.1 Å². The Labute approximate surface area is 190 Å². The van der Waals surface area contributed by atoms with Crippen LogP contribution in [0, 0.1) is 11.3 Å². The van der Waals surface area contributed by atoms with Crippen LogP contribution >= 0.6 is 11.6 Å². The maximum absolute atomic E-state index is 13.4. The summed E-state index contributed by atoms with van der Waals surface area (Å²) >= 11 is 6.36. The Morgan fingerprint density at radius 3 is 2.45 bits per heavy atom. The zero-order valence-electron chi connectivity index (χ0n) is 19.3. The van der Waals surface area contributed by atoms with Gasteiger partial charge in [0.15, 0.2) is 0 Å². The minimum Gasteiger partial charge on any atom is -0.351 e. The SMILES string of the molecule is CC1CN(c2ncccc2Cl)CC(C)N1C(=O)C1=CC2(CCC(C(C)(C)C)CC2)ON1. The smallest absolute Gasteiger partial charge is 0.272 e. The topological polar surface area (TPSA) is 57.7 Å². The lowest BCUT2D eigenvalue weighted by atomic mass is 9.68. The molecule has 1 N–H and O–H groups in total. The largest absolute Gasteiger partial charge is 0.351 e. The molecule has 2 fully saturated rings. The van der Waals surface area contributed by atoms with Gasteiger partial charge in [-0.15, -0.1) is 0 Å². The maximum Gasteiger partial charge on any atom is 0.272 e. The van der Waals surface area contributed by atoms with Crippen LogP contribution in [0.4, 0.5) is 5.82 Å². The van der Waals surface area contributed by atoms with Crippen molar-refractivity contribution in [1.29, 1.82) is 0 Å². The number of halogens is 1. The molecule has 2 unspecified atom stereocenters. The molecule has 0 aromatic carbocycles. The molecule has 1 amide bonds. The van der Waals surface area contributed by atoms with Gasteiger partial charge in [0.25, 0.3) is 5.91 Å². The van der Waals surface area contributed by atoms with Crippen LogP contribution < -0.4 is 10.4 Å². The molecule has 31 heavy (non-hydrogen) atoms. The van der Waals surface area contributed by atoms with E-state index in [0.29, 0.717) is 35.1 Å². The fraction of sp³-hybridized carbons (Fsp3) is 0.667. The molecular formula is C24H35ClN4O2. The average molecular weight is 447 g/mol. The van der Waals surface area contributed by atoms with Crippen molar-refractivity contribution in [3.63, 3.8) is 0 Å². The lowest BCUT2D eigenvalue weighted by Gasteiger charge is -2.45. The Hall–Kier alpha value is -1.79. The first kappa shape index (κ1) is 22.4. The van der Waals surface area contributed by atoms with E-state index in [1.165, 1.54) is 0 Å². The summed E-state index contributed by atoms with van der Waals surface area (Å²) in [6.07, 6.45) is 7.96. The minimum absolute atomic E-state index is 0.0154. The molecule has 4 rings (SSSR count). The van der Waals surface area contributed by atoms with E-state index in [1.807, 2.05) is 17.0 Å². The third-order valence-corrected chi connectivity index (χ3v) is 7.55. The van der Waals surface area contributed by atoms with Gasteiger partial charge in [-0.2, -0.15) is 0 Å². The van der Waals surface area contributed by atoms with Crippen molar-refractivity contribution in [2.75, 3.05) is 18.0 Å². The molecule has 2 atom stereocenters. The Morgan fingerprint density at radius 1 is 1.23 bits per heavy atom. The van der Waals surface area contributed by atoms with Gasteiger partial charge in [0, 0.05) is 31.4 Å². The van der Waals surface area contributed by atoms with Crippen molar-refractivity contribution >= 4 is 23.3 Å². The Bertz CT molecular complexity index is 845. The van der Waals surface area contributed by atoms with Crippen molar-refractivity contribution < 1.29 is 9.63 Å². The normalized spacial score (nSPS) is 31.5. The molecule has 1 aromatic rings. The van der Waals surface area contributed by atoms with Crippen molar-refractivity contribution in [2.24, 2.45) is 11.3 Å². The summed E-state index contributed by atoms with van der Waals surface area (Å²) in [5.74, 6) is 1.49. The molecule has 1 spiro atoms. The highest BCUT2D eigenvalue weighted by Crippen LogP contribution is 2.45. The summed E-state index contributed by atoms with van der Waals surface area (Å²) in [5.41, 5.74) is 3.54. The van der Waals surface area contributed by atoms with Crippen LogP contribution in [0.5, 0.6) is 0 Å². The average Bonchev–Trinajstić information content (AvgIpc) is 3.11. The molecule has 3 heterocycles. The molecule has 0 bridgehead atoms. The van der Waals surface area contributed by atoms with Crippen LogP contribution in [-0.2, 0) is 9.63 Å². The molecule has 170 valence electrons. The number of carbonyl (C=O) groups is 1. The van der Waals surface area contributed by atoms with E-state index in [-0.39, 0.29) is 23.6 Å². The fourth-order valence-electron chi connectivity index (χ4n) is 5.45. The Kier molecular flexibility index (Phi) is 5.99. The van der Waals surface area contributed by atoms with Gasteiger partial charge in [-0.05, 0) is 69.1 Å². The molecule has 6 nitrogen and oxygen atoms in total. The number of pyridine rings is 1. The fourth-order valence-corrected chi connectivity index (χ4v) is 5.69. The third kappa shape index (κ3) is 4.42. The van der Waals surface area contributed by atoms with Gasteiger partial charge in [-0.1, -0.05) is 32.4 Å². The highest BCUT2D eigenvalue weighted by molar-refractivity contribution is 6.32. The van der Waals surface area contributed by atoms with Crippen LogP contribution in [0.3, 0.4) is 0 Å². The number of anilines is 1.